The minimum atomic E-state index is 0.353. The fourth-order valence-corrected chi connectivity index (χ4v) is 2.62. The van der Waals surface area contributed by atoms with E-state index in [4.69, 9.17) is 0 Å². The fourth-order valence-electron chi connectivity index (χ4n) is 2.62. The maximum Gasteiger partial charge on any atom is 0.209 e. The summed E-state index contributed by atoms with van der Waals surface area (Å²) in [6, 6.07) is 12.1. The molecule has 0 spiro atoms. The van der Waals surface area contributed by atoms with Gasteiger partial charge in [0.1, 0.15) is 11.3 Å². The van der Waals surface area contributed by atoms with Crippen molar-refractivity contribution < 1.29 is 0 Å². The summed E-state index contributed by atoms with van der Waals surface area (Å²) in [5.41, 5.74) is 4.70. The Morgan fingerprint density at radius 3 is 2.59 bits per heavy atom. The predicted molar refractivity (Wildman–Crippen MR) is 89.5 cm³/mol. The van der Waals surface area contributed by atoms with Gasteiger partial charge in [-0.1, -0.05) is 38.1 Å². The number of nitroso groups, excluding NO2 is 1. The molecule has 0 radical (unpaired) electrons. The summed E-state index contributed by atoms with van der Waals surface area (Å²) in [4.78, 5) is 15.8. The first-order valence-electron chi connectivity index (χ1n) is 7.56. The second kappa shape index (κ2) is 5.72. The van der Waals surface area contributed by atoms with E-state index < -0.39 is 0 Å². The van der Waals surface area contributed by atoms with Crippen LogP contribution in [0.2, 0.25) is 0 Å². The van der Waals surface area contributed by atoms with Gasteiger partial charge >= 0.3 is 0 Å². The molecule has 1 aromatic carbocycles. The monoisotopic (exact) mass is 293 g/mol. The maximum atomic E-state index is 11.3. The molecule has 0 aliphatic rings. The van der Waals surface area contributed by atoms with Crippen molar-refractivity contribution in [1.82, 2.24) is 9.38 Å². The van der Waals surface area contributed by atoms with Gasteiger partial charge in [-0.05, 0) is 47.7 Å². The van der Waals surface area contributed by atoms with Gasteiger partial charge in [0.05, 0.1) is 0 Å². The Morgan fingerprint density at radius 2 is 1.95 bits per heavy atom. The molecule has 2 aromatic heterocycles. The van der Waals surface area contributed by atoms with Crippen LogP contribution in [0, 0.1) is 11.8 Å². The Labute approximate surface area is 129 Å². The number of fused-ring (bicyclic) bond motifs is 1. The highest BCUT2D eigenvalue weighted by molar-refractivity contribution is 5.74. The zero-order valence-electron chi connectivity index (χ0n) is 13.1. The summed E-state index contributed by atoms with van der Waals surface area (Å²) in [5, 5.41) is 3.19. The van der Waals surface area contributed by atoms with Crippen LogP contribution in [-0.4, -0.2) is 9.38 Å². The summed E-state index contributed by atoms with van der Waals surface area (Å²) < 4.78 is 1.73. The van der Waals surface area contributed by atoms with E-state index in [1.807, 2.05) is 37.4 Å². The molecular weight excluding hydrogens is 274 g/mol. The molecule has 4 heteroatoms. The van der Waals surface area contributed by atoms with E-state index in [9.17, 15) is 4.91 Å². The average molecular weight is 293 g/mol. The van der Waals surface area contributed by atoms with E-state index in [0.717, 1.165) is 23.2 Å². The van der Waals surface area contributed by atoms with Crippen molar-refractivity contribution in [2.75, 3.05) is 0 Å². The average Bonchev–Trinajstić information content (AvgIpc) is 2.91. The summed E-state index contributed by atoms with van der Waals surface area (Å²) in [5.74, 6) is 0.882. The van der Waals surface area contributed by atoms with Crippen LogP contribution in [0.15, 0.2) is 47.8 Å². The van der Waals surface area contributed by atoms with Crippen LogP contribution in [0.5, 0.6) is 0 Å². The number of hydrogen-bond acceptors (Lipinski definition) is 3. The molecule has 1 atom stereocenters. The van der Waals surface area contributed by atoms with Gasteiger partial charge in [-0.2, -0.15) is 0 Å². The van der Waals surface area contributed by atoms with Crippen LogP contribution in [0.4, 0.5) is 5.82 Å². The lowest BCUT2D eigenvalue weighted by molar-refractivity contribution is 0.734. The molecule has 3 aromatic rings. The molecule has 3 rings (SSSR count). The molecule has 2 heterocycles. The van der Waals surface area contributed by atoms with E-state index in [1.165, 1.54) is 5.56 Å². The molecular formula is C18H19N3O. The normalized spacial score (nSPS) is 12.5. The Balaban J connectivity index is 2.11. The fraction of sp³-hybridized carbons (Fsp3) is 0.278. The standard InChI is InChI=1S/C18H19N3O/c1-4-13(3)14-5-7-15(8-6-14)17-18(20-22)21-10-9-12(2)11-16(21)19-17/h5-11,13H,4H2,1-3H3. The zero-order valence-corrected chi connectivity index (χ0v) is 13.1. The lowest BCUT2D eigenvalue weighted by atomic mass is 9.97. The van der Waals surface area contributed by atoms with Crippen LogP contribution in [0.1, 0.15) is 37.3 Å². The number of benzene rings is 1. The summed E-state index contributed by atoms with van der Waals surface area (Å²) in [7, 11) is 0. The quantitative estimate of drug-likeness (QED) is 0.619. The van der Waals surface area contributed by atoms with Gasteiger partial charge in [-0.25, -0.2) is 4.98 Å². The smallest absolute Gasteiger partial charge is 0.209 e. The van der Waals surface area contributed by atoms with Gasteiger partial charge in [-0.15, -0.1) is 4.91 Å². The van der Waals surface area contributed by atoms with E-state index in [0.29, 0.717) is 17.4 Å². The molecule has 0 bridgehead atoms. The molecule has 4 nitrogen and oxygen atoms in total. The molecule has 0 aliphatic heterocycles. The number of nitrogens with zero attached hydrogens (tertiary/aromatic N) is 3. The molecule has 0 saturated carbocycles. The molecule has 0 N–H and O–H groups in total. The SMILES string of the molecule is CCC(C)c1ccc(-c2nc3cc(C)ccn3c2N=O)cc1. The first-order chi connectivity index (χ1) is 10.6. The van der Waals surface area contributed by atoms with E-state index in [2.05, 4.69) is 36.1 Å². The highest BCUT2D eigenvalue weighted by Gasteiger charge is 2.15. The second-order valence-corrected chi connectivity index (χ2v) is 5.74. The Bertz CT molecular complexity index is 818. The predicted octanol–water partition coefficient (Wildman–Crippen LogP) is 5.22. The van der Waals surface area contributed by atoms with Gasteiger partial charge in [-0.3, -0.25) is 4.40 Å². The third-order valence-electron chi connectivity index (χ3n) is 4.21. The number of imidazole rings is 1. The highest BCUT2D eigenvalue weighted by Crippen LogP contribution is 2.32. The molecule has 0 saturated heterocycles. The number of aromatic nitrogens is 2. The van der Waals surface area contributed by atoms with Gasteiger partial charge < -0.3 is 0 Å². The van der Waals surface area contributed by atoms with Crippen LogP contribution in [-0.2, 0) is 0 Å². The number of aryl methyl sites for hydroxylation is 1. The molecule has 1 unspecified atom stereocenters. The van der Waals surface area contributed by atoms with Crippen molar-refractivity contribution in [3.05, 3.63) is 58.6 Å². The van der Waals surface area contributed by atoms with Crippen LogP contribution in [0.25, 0.3) is 16.9 Å². The van der Waals surface area contributed by atoms with Gasteiger partial charge in [0.2, 0.25) is 5.82 Å². The lowest BCUT2D eigenvalue weighted by Gasteiger charge is -2.09. The Hall–Kier alpha value is -2.49. The van der Waals surface area contributed by atoms with Gasteiger partial charge in [0.25, 0.3) is 0 Å². The number of rotatable bonds is 4. The molecule has 22 heavy (non-hydrogen) atoms. The number of hydrogen-bond donors (Lipinski definition) is 0. The van der Waals surface area contributed by atoms with E-state index in [1.54, 1.807) is 4.40 Å². The van der Waals surface area contributed by atoms with E-state index in [-0.39, 0.29) is 0 Å². The third-order valence-corrected chi connectivity index (χ3v) is 4.21. The first kappa shape index (κ1) is 14.4. The van der Waals surface area contributed by atoms with Gasteiger partial charge in [0, 0.05) is 11.8 Å². The molecule has 0 fully saturated rings. The summed E-state index contributed by atoms with van der Waals surface area (Å²) >= 11 is 0. The third kappa shape index (κ3) is 2.41. The lowest BCUT2D eigenvalue weighted by Crippen LogP contribution is -1.90. The van der Waals surface area contributed by atoms with Crippen molar-refractivity contribution in [3.63, 3.8) is 0 Å². The first-order valence-corrected chi connectivity index (χ1v) is 7.56. The minimum Gasteiger partial charge on any atom is -0.281 e. The van der Waals surface area contributed by atoms with Crippen molar-refractivity contribution in [2.45, 2.75) is 33.1 Å². The molecule has 0 aliphatic carbocycles. The summed E-state index contributed by atoms with van der Waals surface area (Å²) in [6.45, 7) is 6.39. The van der Waals surface area contributed by atoms with Crippen molar-refractivity contribution >= 4 is 11.5 Å². The van der Waals surface area contributed by atoms with Crippen LogP contribution in [0.3, 0.4) is 0 Å². The van der Waals surface area contributed by atoms with Crippen molar-refractivity contribution in [3.8, 4) is 11.3 Å². The maximum absolute atomic E-state index is 11.3. The second-order valence-electron chi connectivity index (χ2n) is 5.74. The van der Waals surface area contributed by atoms with Crippen molar-refractivity contribution in [1.29, 1.82) is 0 Å². The highest BCUT2D eigenvalue weighted by atomic mass is 16.3. The zero-order chi connectivity index (χ0) is 15.7. The topological polar surface area (TPSA) is 46.7 Å². The molecule has 112 valence electrons. The number of pyridine rings is 1. The van der Waals surface area contributed by atoms with Crippen molar-refractivity contribution in [2.24, 2.45) is 5.18 Å². The van der Waals surface area contributed by atoms with Crippen LogP contribution >= 0.6 is 0 Å². The van der Waals surface area contributed by atoms with E-state index >= 15 is 0 Å². The minimum absolute atomic E-state index is 0.353. The van der Waals surface area contributed by atoms with Crippen LogP contribution < -0.4 is 0 Å². The Kier molecular flexibility index (Phi) is 3.75. The molecule has 0 amide bonds. The van der Waals surface area contributed by atoms with Gasteiger partial charge in [0.15, 0.2) is 0 Å². The largest absolute Gasteiger partial charge is 0.281 e. The summed E-state index contributed by atoms with van der Waals surface area (Å²) in [6.07, 6.45) is 2.94. The Morgan fingerprint density at radius 1 is 1.23 bits per heavy atom.